The van der Waals surface area contributed by atoms with Crippen LogP contribution >= 0.6 is 11.6 Å². The Labute approximate surface area is 226 Å². The van der Waals surface area contributed by atoms with Gasteiger partial charge in [-0.3, -0.25) is 9.69 Å². The summed E-state index contributed by atoms with van der Waals surface area (Å²) in [5, 5.41) is 14.7. The van der Waals surface area contributed by atoms with E-state index in [1.807, 2.05) is 41.1 Å². The number of pyridine rings is 1. The van der Waals surface area contributed by atoms with E-state index in [4.69, 9.17) is 16.3 Å². The lowest BCUT2D eigenvalue weighted by atomic mass is 10.0. The third kappa shape index (κ3) is 4.65. The van der Waals surface area contributed by atoms with Crippen molar-refractivity contribution in [2.75, 3.05) is 38.2 Å². The second kappa shape index (κ2) is 10.4. The van der Waals surface area contributed by atoms with Gasteiger partial charge in [-0.2, -0.15) is 0 Å². The second-order valence-electron chi connectivity index (χ2n) is 10.3. The minimum Gasteiger partial charge on any atom is -0.497 e. The highest BCUT2D eigenvalue weighted by atomic mass is 35.5. The van der Waals surface area contributed by atoms with E-state index in [-0.39, 0.29) is 17.6 Å². The van der Waals surface area contributed by atoms with Gasteiger partial charge in [-0.25, -0.2) is 4.68 Å². The highest BCUT2D eigenvalue weighted by Crippen LogP contribution is 2.35. The SMILES string of the molecule is COc1ccc2cc(C(c3nnnn3C3CCCC3)N3CCN(c4cc(Cl)ccc4C)CC3)c(=O)[nH]c2c1. The van der Waals surface area contributed by atoms with Gasteiger partial charge in [0.05, 0.1) is 18.7 Å². The zero-order valence-electron chi connectivity index (χ0n) is 21.7. The summed E-state index contributed by atoms with van der Waals surface area (Å²) in [6, 6.07) is 13.7. The van der Waals surface area contributed by atoms with Gasteiger partial charge in [0.1, 0.15) is 11.8 Å². The Kier molecular flexibility index (Phi) is 6.80. The van der Waals surface area contributed by atoms with Crippen molar-refractivity contribution in [1.82, 2.24) is 30.1 Å². The second-order valence-corrected chi connectivity index (χ2v) is 10.7. The number of nitrogens with one attached hydrogen (secondary N) is 1. The summed E-state index contributed by atoms with van der Waals surface area (Å²) in [6.07, 6.45) is 4.45. The van der Waals surface area contributed by atoms with E-state index in [0.717, 1.165) is 66.5 Å². The number of rotatable bonds is 6. The quantitative estimate of drug-likeness (QED) is 0.390. The normalized spacial score (nSPS) is 17.8. The van der Waals surface area contributed by atoms with Crippen LogP contribution in [0.1, 0.15) is 54.7 Å². The minimum atomic E-state index is -0.358. The number of H-pyrrole nitrogens is 1. The lowest BCUT2D eigenvalue weighted by molar-refractivity contribution is 0.197. The molecule has 2 fully saturated rings. The van der Waals surface area contributed by atoms with Crippen molar-refractivity contribution in [1.29, 1.82) is 0 Å². The van der Waals surface area contributed by atoms with Gasteiger partial charge < -0.3 is 14.6 Å². The minimum absolute atomic E-state index is 0.134. The molecule has 0 bridgehead atoms. The zero-order chi connectivity index (χ0) is 26.2. The van der Waals surface area contributed by atoms with Crippen molar-refractivity contribution in [2.24, 2.45) is 0 Å². The van der Waals surface area contributed by atoms with Crippen LogP contribution in [-0.2, 0) is 0 Å². The number of hydrogen-bond donors (Lipinski definition) is 1. The molecule has 6 rings (SSSR count). The van der Waals surface area contributed by atoms with E-state index in [2.05, 4.69) is 43.3 Å². The maximum Gasteiger partial charge on any atom is 0.253 e. The van der Waals surface area contributed by atoms with Crippen molar-refractivity contribution in [3.05, 3.63) is 74.8 Å². The van der Waals surface area contributed by atoms with Crippen molar-refractivity contribution in [3.8, 4) is 5.75 Å². The topological polar surface area (TPSA) is 92.2 Å². The molecule has 0 spiro atoms. The average molecular weight is 534 g/mol. The number of piperazine rings is 1. The first-order valence-corrected chi connectivity index (χ1v) is 13.6. The van der Waals surface area contributed by atoms with E-state index < -0.39 is 0 Å². The standard InChI is InChI=1S/C28H32ClN7O2/c1-18-7-9-20(29)16-25(18)34-11-13-35(14-12-34)26(27-31-32-33-36(27)21-5-3-4-6-21)23-15-19-8-10-22(38-2)17-24(19)30-28(23)37/h7-10,15-17,21,26H,3-6,11-14H2,1-2H3,(H,30,37). The monoisotopic (exact) mass is 533 g/mol. The molecule has 1 N–H and O–H groups in total. The fourth-order valence-corrected chi connectivity index (χ4v) is 6.13. The van der Waals surface area contributed by atoms with Crippen LogP contribution in [0.2, 0.25) is 5.02 Å². The molecule has 38 heavy (non-hydrogen) atoms. The van der Waals surface area contributed by atoms with E-state index in [0.29, 0.717) is 11.3 Å². The summed E-state index contributed by atoms with van der Waals surface area (Å²) < 4.78 is 7.33. The number of nitrogens with zero attached hydrogens (tertiary/aromatic N) is 6. The lowest BCUT2D eigenvalue weighted by Crippen LogP contribution is -2.49. The number of tetrazole rings is 1. The number of ether oxygens (including phenoxy) is 1. The van der Waals surface area contributed by atoms with Crippen LogP contribution in [0.25, 0.3) is 10.9 Å². The Bertz CT molecular complexity index is 1500. The summed E-state index contributed by atoms with van der Waals surface area (Å²) in [6.45, 7) is 5.25. The van der Waals surface area contributed by atoms with Crippen LogP contribution in [0.3, 0.4) is 0 Å². The van der Waals surface area contributed by atoms with Gasteiger partial charge in [0.2, 0.25) is 0 Å². The van der Waals surface area contributed by atoms with Crippen LogP contribution in [0.15, 0.2) is 47.3 Å². The van der Waals surface area contributed by atoms with E-state index in [9.17, 15) is 4.79 Å². The summed E-state index contributed by atoms with van der Waals surface area (Å²) in [7, 11) is 1.62. The molecule has 198 valence electrons. The van der Waals surface area contributed by atoms with Crippen LogP contribution in [0, 0.1) is 6.92 Å². The molecule has 1 atom stereocenters. The number of hydrogen-bond acceptors (Lipinski definition) is 7. The largest absolute Gasteiger partial charge is 0.497 e. The molecule has 2 aromatic heterocycles. The Balaban J connectivity index is 1.38. The Morgan fingerprint density at radius 2 is 1.84 bits per heavy atom. The molecule has 1 aliphatic carbocycles. The number of aromatic amines is 1. The highest BCUT2D eigenvalue weighted by molar-refractivity contribution is 6.30. The molecule has 1 saturated heterocycles. The van der Waals surface area contributed by atoms with Crippen LogP contribution in [0.5, 0.6) is 5.75 Å². The summed E-state index contributed by atoms with van der Waals surface area (Å²) in [4.78, 5) is 21.4. The first-order chi connectivity index (χ1) is 18.5. The molecule has 0 amide bonds. The molecule has 3 heterocycles. The summed E-state index contributed by atoms with van der Waals surface area (Å²) in [5.74, 6) is 1.44. The van der Waals surface area contributed by atoms with Crippen LogP contribution in [-0.4, -0.2) is 63.4 Å². The maximum absolute atomic E-state index is 13.6. The first-order valence-electron chi connectivity index (χ1n) is 13.3. The van der Waals surface area contributed by atoms with Crippen molar-refractivity contribution >= 4 is 28.2 Å². The van der Waals surface area contributed by atoms with Gasteiger partial charge in [0, 0.05) is 48.5 Å². The van der Waals surface area contributed by atoms with Crippen molar-refractivity contribution in [2.45, 2.75) is 44.7 Å². The molecule has 9 nitrogen and oxygen atoms in total. The third-order valence-corrected chi connectivity index (χ3v) is 8.24. The van der Waals surface area contributed by atoms with Gasteiger partial charge >= 0.3 is 0 Å². The number of fused-ring (bicyclic) bond motifs is 1. The van der Waals surface area contributed by atoms with E-state index in [1.165, 1.54) is 18.4 Å². The molecule has 1 aliphatic heterocycles. The predicted molar refractivity (Wildman–Crippen MR) is 148 cm³/mol. The number of methoxy groups -OCH3 is 1. The van der Waals surface area contributed by atoms with Crippen molar-refractivity contribution in [3.63, 3.8) is 0 Å². The average Bonchev–Trinajstić information content (AvgIpc) is 3.63. The molecule has 1 saturated carbocycles. The molecule has 10 heteroatoms. The molecule has 1 unspecified atom stereocenters. The Morgan fingerprint density at radius 3 is 2.61 bits per heavy atom. The van der Waals surface area contributed by atoms with Gasteiger partial charge in [0.15, 0.2) is 5.82 Å². The third-order valence-electron chi connectivity index (χ3n) is 8.00. The molecule has 0 radical (unpaired) electrons. The fourth-order valence-electron chi connectivity index (χ4n) is 5.96. The predicted octanol–water partition coefficient (Wildman–Crippen LogP) is 4.51. The van der Waals surface area contributed by atoms with E-state index >= 15 is 0 Å². The smallest absolute Gasteiger partial charge is 0.253 e. The fraction of sp³-hybridized carbons (Fsp3) is 0.429. The molecule has 2 aromatic carbocycles. The number of aromatic nitrogens is 5. The number of aryl methyl sites for hydroxylation is 1. The molecular weight excluding hydrogens is 502 g/mol. The van der Waals surface area contributed by atoms with Gasteiger partial charge in [-0.15, -0.1) is 5.10 Å². The van der Waals surface area contributed by atoms with Gasteiger partial charge in [-0.1, -0.05) is 30.5 Å². The highest BCUT2D eigenvalue weighted by Gasteiger charge is 2.35. The van der Waals surface area contributed by atoms with Gasteiger partial charge in [0.25, 0.3) is 5.56 Å². The first kappa shape index (κ1) is 24.9. The lowest BCUT2D eigenvalue weighted by Gasteiger charge is -2.40. The Morgan fingerprint density at radius 1 is 1.05 bits per heavy atom. The number of halogens is 1. The van der Waals surface area contributed by atoms with Gasteiger partial charge in [-0.05, 0) is 71.5 Å². The van der Waals surface area contributed by atoms with Crippen LogP contribution < -0.4 is 15.2 Å². The zero-order valence-corrected chi connectivity index (χ0v) is 22.5. The summed E-state index contributed by atoms with van der Waals surface area (Å²) in [5.41, 5.74) is 3.62. The maximum atomic E-state index is 13.6. The molecule has 2 aliphatic rings. The Hall–Kier alpha value is -3.43. The molecule has 4 aromatic rings. The van der Waals surface area contributed by atoms with Crippen molar-refractivity contribution < 1.29 is 4.74 Å². The van der Waals surface area contributed by atoms with Crippen LogP contribution in [0.4, 0.5) is 5.69 Å². The number of benzene rings is 2. The number of anilines is 1. The van der Waals surface area contributed by atoms with E-state index in [1.54, 1.807) is 7.11 Å². The summed E-state index contributed by atoms with van der Waals surface area (Å²) >= 11 is 6.32. The molecular formula is C28H32ClN7O2.